The van der Waals surface area contributed by atoms with Gasteiger partial charge in [-0.2, -0.15) is 0 Å². The first-order valence-electron chi connectivity index (χ1n) is 5.15. The largest absolute Gasteiger partial charge is 0.480 e. The maximum atomic E-state index is 11.4. The molecule has 0 aliphatic carbocycles. The van der Waals surface area contributed by atoms with Crippen molar-refractivity contribution in [1.29, 1.82) is 0 Å². The molecule has 1 atom stereocenters. The molecule has 7 heteroatoms. The molecule has 0 bridgehead atoms. The summed E-state index contributed by atoms with van der Waals surface area (Å²) in [6, 6.07) is 3.39. The predicted molar refractivity (Wildman–Crippen MR) is 59.2 cm³/mol. The zero-order chi connectivity index (χ0) is 12.5. The van der Waals surface area contributed by atoms with Crippen LogP contribution >= 0.6 is 0 Å². The zero-order valence-electron chi connectivity index (χ0n) is 9.05. The predicted octanol–water partition coefficient (Wildman–Crippen LogP) is 0.0111. The van der Waals surface area contributed by atoms with Crippen LogP contribution in [0.1, 0.15) is 12.2 Å². The van der Waals surface area contributed by atoms with Crippen molar-refractivity contribution in [3.8, 4) is 0 Å². The van der Waals surface area contributed by atoms with Crippen molar-refractivity contribution in [2.75, 3.05) is 11.5 Å². The molecule has 0 saturated carbocycles. The normalized spacial score (nSPS) is 27.1. The van der Waals surface area contributed by atoms with Gasteiger partial charge < -0.3 is 9.52 Å². The van der Waals surface area contributed by atoms with Gasteiger partial charge in [-0.15, -0.1) is 0 Å². The van der Waals surface area contributed by atoms with E-state index in [1.807, 2.05) is 0 Å². The van der Waals surface area contributed by atoms with Crippen molar-refractivity contribution in [3.05, 3.63) is 24.2 Å². The summed E-state index contributed by atoms with van der Waals surface area (Å²) >= 11 is 0. The summed E-state index contributed by atoms with van der Waals surface area (Å²) in [5, 5.41) is 11.9. The number of nitrogens with one attached hydrogen (secondary N) is 1. The van der Waals surface area contributed by atoms with Crippen molar-refractivity contribution in [2.24, 2.45) is 0 Å². The molecule has 0 spiro atoms. The van der Waals surface area contributed by atoms with Crippen LogP contribution in [0.25, 0.3) is 0 Å². The molecule has 1 fully saturated rings. The van der Waals surface area contributed by atoms with Gasteiger partial charge in [-0.05, 0) is 18.6 Å². The number of rotatable bonds is 4. The Balaban J connectivity index is 2.11. The minimum Gasteiger partial charge on any atom is -0.480 e. The van der Waals surface area contributed by atoms with Gasteiger partial charge in [0.2, 0.25) is 0 Å². The third kappa shape index (κ3) is 2.50. The third-order valence-corrected chi connectivity index (χ3v) is 4.66. The van der Waals surface area contributed by atoms with Gasteiger partial charge in [-0.1, -0.05) is 0 Å². The minimum absolute atomic E-state index is 0.0887. The molecule has 2 N–H and O–H groups in total. The Labute approximate surface area is 98.5 Å². The molecular weight excluding hydrogens is 246 g/mol. The Morgan fingerprint density at radius 2 is 2.35 bits per heavy atom. The van der Waals surface area contributed by atoms with E-state index in [1.54, 1.807) is 12.1 Å². The second-order valence-electron chi connectivity index (χ2n) is 4.16. The van der Waals surface area contributed by atoms with Crippen LogP contribution in [0.15, 0.2) is 22.8 Å². The highest BCUT2D eigenvalue weighted by Gasteiger charge is 2.48. The average Bonchev–Trinajstić information content (AvgIpc) is 2.83. The molecule has 1 aromatic heterocycles. The molecule has 1 saturated heterocycles. The van der Waals surface area contributed by atoms with E-state index in [-0.39, 0.29) is 24.5 Å². The average molecular weight is 259 g/mol. The van der Waals surface area contributed by atoms with Crippen LogP contribution in [0.4, 0.5) is 0 Å². The standard InChI is InChI=1S/C10H13NO5S/c12-9(13)10(3-5-17(14,15)7-10)11-6-8-2-1-4-16-8/h1-2,4,11H,3,5-7H2,(H,12,13). The number of aliphatic carboxylic acids is 1. The minimum atomic E-state index is -3.26. The van der Waals surface area contributed by atoms with Gasteiger partial charge in [0.15, 0.2) is 9.84 Å². The number of sulfone groups is 1. The summed E-state index contributed by atoms with van der Waals surface area (Å²) in [6.07, 6.45) is 1.57. The van der Waals surface area contributed by atoms with Crippen LogP contribution < -0.4 is 5.32 Å². The SMILES string of the molecule is O=C(O)C1(NCc2ccco2)CCS(=O)(=O)C1. The molecule has 0 aromatic carbocycles. The number of carboxylic acids is 1. The molecule has 0 radical (unpaired) electrons. The number of carboxylic acid groups (broad SMARTS) is 1. The van der Waals surface area contributed by atoms with Gasteiger partial charge >= 0.3 is 5.97 Å². The van der Waals surface area contributed by atoms with Gasteiger partial charge in [0.25, 0.3) is 0 Å². The molecule has 2 rings (SSSR count). The molecule has 2 heterocycles. The van der Waals surface area contributed by atoms with Crippen LogP contribution in [0.3, 0.4) is 0 Å². The summed E-state index contributed by atoms with van der Waals surface area (Å²) in [6.45, 7) is 0.203. The molecule has 1 aliphatic heterocycles. The summed E-state index contributed by atoms with van der Waals surface area (Å²) in [5.74, 6) is -1.01. The first-order valence-corrected chi connectivity index (χ1v) is 6.97. The summed E-state index contributed by atoms with van der Waals surface area (Å²) < 4.78 is 27.8. The van der Waals surface area contributed by atoms with E-state index in [9.17, 15) is 13.2 Å². The van der Waals surface area contributed by atoms with Gasteiger partial charge in [0.1, 0.15) is 11.3 Å². The highest BCUT2D eigenvalue weighted by Crippen LogP contribution is 2.24. The first kappa shape index (κ1) is 12.1. The van der Waals surface area contributed by atoms with Gasteiger partial charge in [-0.25, -0.2) is 8.42 Å². The van der Waals surface area contributed by atoms with E-state index in [0.29, 0.717) is 5.76 Å². The Morgan fingerprint density at radius 3 is 2.82 bits per heavy atom. The Hall–Kier alpha value is -1.34. The van der Waals surface area contributed by atoms with Gasteiger partial charge in [0, 0.05) is 0 Å². The van der Waals surface area contributed by atoms with Gasteiger partial charge in [-0.3, -0.25) is 10.1 Å². The lowest BCUT2D eigenvalue weighted by molar-refractivity contribution is -0.143. The van der Waals surface area contributed by atoms with E-state index >= 15 is 0 Å². The summed E-state index contributed by atoms with van der Waals surface area (Å²) in [5.41, 5.74) is -1.38. The Bertz CT molecular complexity index is 507. The van der Waals surface area contributed by atoms with E-state index in [4.69, 9.17) is 9.52 Å². The fourth-order valence-corrected chi connectivity index (χ4v) is 3.83. The molecule has 0 amide bonds. The smallest absolute Gasteiger partial charge is 0.325 e. The third-order valence-electron chi connectivity index (χ3n) is 2.90. The fourth-order valence-electron chi connectivity index (χ4n) is 1.90. The lowest BCUT2D eigenvalue weighted by atomic mass is 9.99. The first-order chi connectivity index (χ1) is 7.94. The van der Waals surface area contributed by atoms with Gasteiger partial charge in [0.05, 0.1) is 24.3 Å². The fraction of sp³-hybridized carbons (Fsp3) is 0.500. The van der Waals surface area contributed by atoms with Crippen molar-refractivity contribution < 1.29 is 22.7 Å². The molecule has 6 nitrogen and oxygen atoms in total. The van der Waals surface area contributed by atoms with Crippen molar-refractivity contribution >= 4 is 15.8 Å². The van der Waals surface area contributed by atoms with Crippen molar-refractivity contribution in [3.63, 3.8) is 0 Å². The van der Waals surface area contributed by atoms with E-state index in [0.717, 1.165) is 0 Å². The topological polar surface area (TPSA) is 96.6 Å². The van der Waals surface area contributed by atoms with Crippen molar-refractivity contribution in [1.82, 2.24) is 5.32 Å². The number of furan rings is 1. The van der Waals surface area contributed by atoms with Crippen LogP contribution in [0.5, 0.6) is 0 Å². The zero-order valence-corrected chi connectivity index (χ0v) is 9.87. The Morgan fingerprint density at radius 1 is 1.59 bits per heavy atom. The lowest BCUT2D eigenvalue weighted by Gasteiger charge is -2.23. The number of carbonyl (C=O) groups is 1. The second-order valence-corrected chi connectivity index (χ2v) is 6.35. The van der Waals surface area contributed by atoms with E-state index in [1.165, 1.54) is 6.26 Å². The quantitative estimate of drug-likeness (QED) is 0.790. The van der Waals surface area contributed by atoms with E-state index in [2.05, 4.69) is 5.32 Å². The number of hydrogen-bond acceptors (Lipinski definition) is 5. The molecule has 17 heavy (non-hydrogen) atoms. The second kappa shape index (κ2) is 4.15. The van der Waals surface area contributed by atoms with E-state index < -0.39 is 21.3 Å². The molecule has 1 aromatic rings. The lowest BCUT2D eigenvalue weighted by Crippen LogP contribution is -2.52. The molecule has 1 unspecified atom stereocenters. The monoisotopic (exact) mass is 259 g/mol. The van der Waals surface area contributed by atoms with Crippen LogP contribution in [-0.4, -0.2) is 36.5 Å². The highest BCUT2D eigenvalue weighted by atomic mass is 32.2. The molecule has 94 valence electrons. The summed E-state index contributed by atoms with van der Waals surface area (Å²) in [7, 11) is -3.26. The molecule has 1 aliphatic rings. The van der Waals surface area contributed by atoms with Crippen LogP contribution in [0, 0.1) is 0 Å². The Kier molecular flexibility index (Phi) is 2.96. The van der Waals surface area contributed by atoms with Crippen molar-refractivity contribution in [2.45, 2.75) is 18.5 Å². The number of hydrogen-bond donors (Lipinski definition) is 2. The maximum absolute atomic E-state index is 11.4. The summed E-state index contributed by atoms with van der Waals surface area (Å²) in [4.78, 5) is 11.2. The maximum Gasteiger partial charge on any atom is 0.325 e. The van der Waals surface area contributed by atoms with Crippen LogP contribution in [-0.2, 0) is 21.2 Å². The highest BCUT2D eigenvalue weighted by molar-refractivity contribution is 7.91. The van der Waals surface area contributed by atoms with Crippen LogP contribution in [0.2, 0.25) is 0 Å². The molecular formula is C10H13NO5S.